The second-order valence-corrected chi connectivity index (χ2v) is 7.43. The van der Waals surface area contributed by atoms with Gasteiger partial charge in [0, 0.05) is 21.5 Å². The molecular formula is C17H12IN5O3S. The molecule has 27 heavy (non-hydrogen) atoms. The van der Waals surface area contributed by atoms with E-state index in [-0.39, 0.29) is 0 Å². The smallest absolute Gasteiger partial charge is 0.277 e. The Morgan fingerprint density at radius 1 is 1.15 bits per heavy atom. The molecule has 0 radical (unpaired) electrons. The summed E-state index contributed by atoms with van der Waals surface area (Å²) in [5.74, 6) is 2.48. The van der Waals surface area contributed by atoms with Crippen molar-refractivity contribution in [1.29, 1.82) is 0 Å². The molecule has 0 aliphatic heterocycles. The van der Waals surface area contributed by atoms with Crippen LogP contribution >= 0.6 is 34.4 Å². The fourth-order valence-corrected chi connectivity index (χ4v) is 3.37. The number of aromatic nitrogens is 5. The zero-order valence-corrected chi connectivity index (χ0v) is 17.0. The molecule has 0 N–H and O–H groups in total. The summed E-state index contributed by atoms with van der Waals surface area (Å²) in [6, 6.07) is 9.39. The molecule has 0 amide bonds. The Kier molecular flexibility index (Phi) is 5.34. The van der Waals surface area contributed by atoms with Crippen LogP contribution in [0.25, 0.3) is 22.8 Å². The van der Waals surface area contributed by atoms with E-state index in [1.807, 2.05) is 18.2 Å². The summed E-state index contributed by atoms with van der Waals surface area (Å²) >= 11 is 3.55. The predicted molar refractivity (Wildman–Crippen MR) is 106 cm³/mol. The van der Waals surface area contributed by atoms with Crippen LogP contribution in [0.1, 0.15) is 5.89 Å². The van der Waals surface area contributed by atoms with Gasteiger partial charge in [-0.1, -0.05) is 16.9 Å². The summed E-state index contributed by atoms with van der Waals surface area (Å²) in [6.45, 7) is 0. The monoisotopic (exact) mass is 493 g/mol. The first-order chi connectivity index (χ1) is 13.2. The zero-order valence-electron chi connectivity index (χ0n) is 14.0. The minimum absolute atomic E-state index is 0.414. The Balaban J connectivity index is 1.46. The van der Waals surface area contributed by atoms with Gasteiger partial charge in [-0.3, -0.25) is 4.98 Å². The lowest BCUT2D eigenvalue weighted by Crippen LogP contribution is -1.90. The Bertz CT molecular complexity index is 1050. The molecule has 0 bridgehead atoms. The SMILES string of the molecule is COc1ccc(I)cc1-c1noc(CSc2nnc(-c3ccncc3)o2)n1. The van der Waals surface area contributed by atoms with E-state index >= 15 is 0 Å². The van der Waals surface area contributed by atoms with Gasteiger partial charge in [0.05, 0.1) is 18.4 Å². The third kappa shape index (κ3) is 4.11. The number of methoxy groups -OCH3 is 1. The number of hydrogen-bond acceptors (Lipinski definition) is 9. The first-order valence-electron chi connectivity index (χ1n) is 7.76. The Morgan fingerprint density at radius 3 is 2.81 bits per heavy atom. The lowest BCUT2D eigenvalue weighted by molar-refractivity contribution is 0.389. The van der Waals surface area contributed by atoms with Crippen molar-refractivity contribution in [3.63, 3.8) is 0 Å². The van der Waals surface area contributed by atoms with Crippen molar-refractivity contribution in [2.24, 2.45) is 0 Å². The molecule has 0 aliphatic carbocycles. The highest BCUT2D eigenvalue weighted by molar-refractivity contribution is 14.1. The molecule has 0 atom stereocenters. The third-order valence-corrected chi connectivity index (χ3v) is 5.00. The second kappa shape index (κ2) is 8.05. The van der Waals surface area contributed by atoms with Crippen LogP contribution in [0.5, 0.6) is 5.75 Å². The average molecular weight is 493 g/mol. The van der Waals surface area contributed by atoms with Crippen LogP contribution in [0.3, 0.4) is 0 Å². The molecule has 0 spiro atoms. The highest BCUT2D eigenvalue weighted by atomic mass is 127. The van der Waals surface area contributed by atoms with Gasteiger partial charge < -0.3 is 13.7 Å². The molecule has 3 aromatic heterocycles. The van der Waals surface area contributed by atoms with Crippen LogP contribution in [0.15, 0.2) is 56.9 Å². The van der Waals surface area contributed by atoms with E-state index in [1.54, 1.807) is 31.6 Å². The van der Waals surface area contributed by atoms with Gasteiger partial charge in [-0.2, -0.15) is 4.98 Å². The first kappa shape index (κ1) is 17.9. The lowest BCUT2D eigenvalue weighted by atomic mass is 10.2. The zero-order chi connectivity index (χ0) is 18.6. The Hall–Kier alpha value is -2.47. The van der Waals surface area contributed by atoms with Crippen molar-refractivity contribution in [2.75, 3.05) is 7.11 Å². The van der Waals surface area contributed by atoms with Crippen molar-refractivity contribution in [3.8, 4) is 28.6 Å². The quantitative estimate of drug-likeness (QED) is 0.291. The Morgan fingerprint density at radius 2 is 2.00 bits per heavy atom. The van der Waals surface area contributed by atoms with Crippen LogP contribution < -0.4 is 4.74 Å². The number of benzene rings is 1. The van der Waals surface area contributed by atoms with Gasteiger partial charge in [0.15, 0.2) is 0 Å². The summed E-state index contributed by atoms with van der Waals surface area (Å²) in [7, 11) is 1.61. The number of hydrogen-bond donors (Lipinski definition) is 0. The summed E-state index contributed by atoms with van der Waals surface area (Å²) in [5.41, 5.74) is 1.59. The average Bonchev–Trinajstić information content (AvgIpc) is 3.37. The molecule has 0 fully saturated rings. The molecule has 8 nitrogen and oxygen atoms in total. The maximum absolute atomic E-state index is 5.64. The fourth-order valence-electron chi connectivity index (χ4n) is 2.28. The van der Waals surface area contributed by atoms with E-state index in [9.17, 15) is 0 Å². The van der Waals surface area contributed by atoms with E-state index in [2.05, 4.69) is 47.9 Å². The van der Waals surface area contributed by atoms with E-state index in [4.69, 9.17) is 13.7 Å². The highest BCUT2D eigenvalue weighted by Gasteiger charge is 2.15. The first-order valence-corrected chi connectivity index (χ1v) is 9.82. The molecule has 4 aromatic rings. The number of thioether (sulfide) groups is 1. The summed E-state index contributed by atoms with van der Waals surface area (Å²) < 4.78 is 17.4. The number of halogens is 1. The second-order valence-electron chi connectivity index (χ2n) is 5.25. The summed E-state index contributed by atoms with van der Waals surface area (Å²) in [5, 5.41) is 12.5. The maximum atomic E-state index is 5.64. The lowest BCUT2D eigenvalue weighted by Gasteiger charge is -2.04. The van der Waals surface area contributed by atoms with Gasteiger partial charge >= 0.3 is 0 Å². The van der Waals surface area contributed by atoms with Crippen LogP contribution in [0.4, 0.5) is 0 Å². The minimum atomic E-state index is 0.414. The number of rotatable bonds is 6. The topological polar surface area (TPSA) is 100.0 Å². The van der Waals surface area contributed by atoms with Gasteiger partial charge in [-0.15, -0.1) is 10.2 Å². The number of pyridine rings is 1. The van der Waals surface area contributed by atoms with Gasteiger partial charge in [0.25, 0.3) is 5.22 Å². The molecule has 10 heteroatoms. The summed E-state index contributed by atoms with van der Waals surface area (Å²) in [6.07, 6.45) is 3.34. The van der Waals surface area contributed by atoms with E-state index in [1.165, 1.54) is 11.8 Å². The van der Waals surface area contributed by atoms with Crippen molar-refractivity contribution in [1.82, 2.24) is 25.3 Å². The molecule has 0 aliphatic rings. The van der Waals surface area contributed by atoms with E-state index < -0.39 is 0 Å². The van der Waals surface area contributed by atoms with Gasteiger partial charge in [0.2, 0.25) is 17.6 Å². The number of ether oxygens (including phenoxy) is 1. The van der Waals surface area contributed by atoms with Gasteiger partial charge in [-0.05, 0) is 52.9 Å². The van der Waals surface area contributed by atoms with Crippen LogP contribution in [0.2, 0.25) is 0 Å². The maximum Gasteiger partial charge on any atom is 0.277 e. The van der Waals surface area contributed by atoms with Gasteiger partial charge in [0.1, 0.15) is 5.75 Å². The Labute approximate surface area is 171 Å². The molecule has 1 aromatic carbocycles. The molecular weight excluding hydrogens is 481 g/mol. The standard InChI is InChI=1S/C17H12IN5O3S/c1-24-13-3-2-11(18)8-12(13)15-20-14(26-23-15)9-27-17-22-21-16(25-17)10-4-6-19-7-5-10/h2-8H,9H2,1H3. The molecule has 3 heterocycles. The van der Waals surface area contributed by atoms with Crippen LogP contribution in [-0.4, -0.2) is 32.4 Å². The fraction of sp³-hybridized carbons (Fsp3) is 0.118. The van der Waals surface area contributed by atoms with Crippen molar-refractivity contribution < 1.29 is 13.7 Å². The normalized spacial score (nSPS) is 10.9. The molecule has 136 valence electrons. The van der Waals surface area contributed by atoms with Crippen LogP contribution in [-0.2, 0) is 5.75 Å². The predicted octanol–water partition coefficient (Wildman–Crippen LogP) is 4.09. The minimum Gasteiger partial charge on any atom is -0.496 e. The van der Waals surface area contributed by atoms with E-state index in [0.717, 1.165) is 14.7 Å². The number of nitrogens with zero attached hydrogens (tertiary/aromatic N) is 5. The van der Waals surface area contributed by atoms with E-state index in [0.29, 0.717) is 34.3 Å². The molecule has 0 unspecified atom stereocenters. The largest absolute Gasteiger partial charge is 0.496 e. The van der Waals surface area contributed by atoms with Gasteiger partial charge in [-0.25, -0.2) is 0 Å². The highest BCUT2D eigenvalue weighted by Crippen LogP contribution is 2.30. The van der Waals surface area contributed by atoms with Crippen molar-refractivity contribution in [3.05, 3.63) is 52.2 Å². The molecule has 4 rings (SSSR count). The third-order valence-electron chi connectivity index (χ3n) is 3.52. The molecule has 0 saturated carbocycles. The molecule has 0 saturated heterocycles. The van der Waals surface area contributed by atoms with Crippen molar-refractivity contribution >= 4 is 34.4 Å². The van der Waals surface area contributed by atoms with Crippen molar-refractivity contribution in [2.45, 2.75) is 11.0 Å². The summed E-state index contributed by atoms with van der Waals surface area (Å²) in [4.78, 5) is 8.40. The van der Waals surface area contributed by atoms with Crippen LogP contribution in [0, 0.1) is 3.57 Å².